The van der Waals surface area contributed by atoms with E-state index in [1.807, 2.05) is 0 Å². The van der Waals surface area contributed by atoms with Gasteiger partial charge in [0.05, 0.1) is 0 Å². The fourth-order valence-electron chi connectivity index (χ4n) is 5.09. The van der Waals surface area contributed by atoms with Gasteiger partial charge in [0.2, 0.25) is 0 Å². The Hall–Kier alpha value is -3.68. The molecule has 0 amide bonds. The lowest BCUT2D eigenvalue weighted by atomic mass is 9.92. The Morgan fingerprint density at radius 2 is 1.03 bits per heavy atom. The highest BCUT2D eigenvalue weighted by atomic mass is 28.3. The first-order valence-corrected chi connectivity index (χ1v) is 13.8. The van der Waals surface area contributed by atoms with Crippen LogP contribution >= 0.6 is 0 Å². The largest absolute Gasteiger partial charge is 0.138 e. The summed E-state index contributed by atoms with van der Waals surface area (Å²) in [6, 6.07) is 42.2. The maximum absolute atomic E-state index is 2.50. The number of hydrogen-bond acceptors (Lipinski definition) is 0. The fraction of sp³-hybridized carbons (Fsp3) is 0.0323. The molecule has 0 nitrogen and oxygen atoms in total. The summed E-state index contributed by atoms with van der Waals surface area (Å²) in [6.07, 6.45) is 2.37. The minimum absolute atomic E-state index is 1.29. The third-order valence-corrected chi connectivity index (χ3v) is 10.8. The molecule has 0 fully saturated rings. The topological polar surface area (TPSA) is 0 Å². The molecule has 6 aromatic rings. The summed E-state index contributed by atoms with van der Waals surface area (Å²) in [6.45, 7) is 2.45. The van der Waals surface area contributed by atoms with Gasteiger partial charge in [0, 0.05) is 0 Å². The SMILES string of the molecule is C[Si](C=Cc1ccc2ccc3cccc4ccc1c2c34)(c1ccccc1)c1ccccc1. The van der Waals surface area contributed by atoms with Gasteiger partial charge >= 0.3 is 0 Å². The van der Waals surface area contributed by atoms with Crippen LogP contribution in [0.2, 0.25) is 6.55 Å². The minimum atomic E-state index is -2.03. The van der Waals surface area contributed by atoms with Gasteiger partial charge in [0.25, 0.3) is 0 Å². The second-order valence-corrected chi connectivity index (χ2v) is 12.7. The molecule has 0 aliphatic carbocycles. The van der Waals surface area contributed by atoms with Crippen LogP contribution in [-0.4, -0.2) is 8.07 Å². The second kappa shape index (κ2) is 7.47. The van der Waals surface area contributed by atoms with E-state index in [0.29, 0.717) is 0 Å². The summed E-state index contributed by atoms with van der Waals surface area (Å²) >= 11 is 0. The summed E-state index contributed by atoms with van der Waals surface area (Å²) in [5.41, 5.74) is 3.80. The van der Waals surface area contributed by atoms with Crippen molar-refractivity contribution in [3.05, 3.63) is 127 Å². The average Bonchev–Trinajstić information content (AvgIpc) is 2.87. The van der Waals surface area contributed by atoms with Crippen LogP contribution in [0, 0.1) is 0 Å². The van der Waals surface area contributed by atoms with Crippen molar-refractivity contribution in [1.29, 1.82) is 0 Å². The Balaban J connectivity index is 1.56. The summed E-state index contributed by atoms with van der Waals surface area (Å²) in [5.74, 6) is 0. The molecule has 32 heavy (non-hydrogen) atoms. The zero-order valence-electron chi connectivity index (χ0n) is 18.1. The summed E-state index contributed by atoms with van der Waals surface area (Å²) in [4.78, 5) is 0. The molecule has 152 valence electrons. The van der Waals surface area contributed by atoms with Gasteiger partial charge in [-0.25, -0.2) is 0 Å². The Morgan fingerprint density at radius 1 is 0.500 bits per heavy atom. The highest BCUT2D eigenvalue weighted by Crippen LogP contribution is 2.36. The van der Waals surface area contributed by atoms with E-state index >= 15 is 0 Å². The maximum atomic E-state index is 2.50. The summed E-state index contributed by atoms with van der Waals surface area (Å²) < 4.78 is 0. The van der Waals surface area contributed by atoms with E-state index < -0.39 is 8.07 Å². The minimum Gasteiger partial charge on any atom is -0.0854 e. The fourth-order valence-corrected chi connectivity index (χ4v) is 8.09. The zero-order valence-corrected chi connectivity index (χ0v) is 19.1. The van der Waals surface area contributed by atoms with Crippen LogP contribution in [0.25, 0.3) is 38.4 Å². The van der Waals surface area contributed by atoms with E-state index in [1.165, 1.54) is 48.3 Å². The molecule has 0 saturated heterocycles. The van der Waals surface area contributed by atoms with E-state index in [4.69, 9.17) is 0 Å². The van der Waals surface area contributed by atoms with Crippen molar-refractivity contribution in [2.24, 2.45) is 0 Å². The van der Waals surface area contributed by atoms with Crippen molar-refractivity contribution in [3.63, 3.8) is 0 Å². The van der Waals surface area contributed by atoms with Crippen molar-refractivity contribution < 1.29 is 0 Å². The van der Waals surface area contributed by atoms with Crippen LogP contribution in [0.15, 0.2) is 121 Å². The van der Waals surface area contributed by atoms with Crippen molar-refractivity contribution in [3.8, 4) is 0 Å². The predicted molar refractivity (Wildman–Crippen MR) is 143 cm³/mol. The molecular weight excluding hydrogens is 400 g/mol. The van der Waals surface area contributed by atoms with Crippen molar-refractivity contribution in [2.75, 3.05) is 0 Å². The molecule has 0 bridgehead atoms. The van der Waals surface area contributed by atoms with Gasteiger partial charge in [-0.2, -0.15) is 0 Å². The van der Waals surface area contributed by atoms with Crippen molar-refractivity contribution in [2.45, 2.75) is 6.55 Å². The second-order valence-electron chi connectivity index (χ2n) is 8.78. The van der Waals surface area contributed by atoms with Crippen molar-refractivity contribution >= 4 is 56.8 Å². The number of hydrogen-bond donors (Lipinski definition) is 0. The van der Waals surface area contributed by atoms with Gasteiger partial charge in [-0.05, 0) is 37.9 Å². The number of benzene rings is 6. The molecule has 1 heteroatoms. The van der Waals surface area contributed by atoms with E-state index in [2.05, 4.69) is 134 Å². The first-order valence-electron chi connectivity index (χ1n) is 11.2. The van der Waals surface area contributed by atoms with Crippen LogP contribution in [0.1, 0.15) is 5.56 Å². The highest BCUT2D eigenvalue weighted by molar-refractivity contribution is 7.05. The summed E-state index contributed by atoms with van der Waals surface area (Å²) in [5, 5.41) is 10.9. The van der Waals surface area contributed by atoms with E-state index in [9.17, 15) is 0 Å². The first kappa shape index (κ1) is 19.0. The Labute approximate surface area is 189 Å². The molecule has 0 radical (unpaired) electrons. The smallest absolute Gasteiger partial charge is 0.0854 e. The van der Waals surface area contributed by atoms with Crippen molar-refractivity contribution in [1.82, 2.24) is 0 Å². The van der Waals surface area contributed by atoms with E-state index in [1.54, 1.807) is 0 Å². The molecular formula is C31H24Si. The third kappa shape index (κ3) is 2.97. The lowest BCUT2D eigenvalue weighted by Crippen LogP contribution is -2.54. The molecule has 0 saturated carbocycles. The van der Waals surface area contributed by atoms with Gasteiger partial charge in [-0.1, -0.05) is 144 Å². The molecule has 0 atom stereocenters. The van der Waals surface area contributed by atoms with E-state index in [-0.39, 0.29) is 0 Å². The van der Waals surface area contributed by atoms with Crippen LogP contribution in [0.5, 0.6) is 0 Å². The molecule has 0 aliphatic rings. The van der Waals surface area contributed by atoms with Gasteiger partial charge in [-0.15, -0.1) is 0 Å². The molecule has 0 N–H and O–H groups in total. The van der Waals surface area contributed by atoms with Gasteiger partial charge < -0.3 is 0 Å². The van der Waals surface area contributed by atoms with Gasteiger partial charge in [0.1, 0.15) is 8.07 Å². The van der Waals surface area contributed by atoms with Gasteiger partial charge in [0.15, 0.2) is 0 Å². The summed E-state index contributed by atoms with van der Waals surface area (Å²) in [7, 11) is -2.03. The molecule has 0 aliphatic heterocycles. The Bertz CT molecular complexity index is 1510. The van der Waals surface area contributed by atoms with Crippen LogP contribution in [0.3, 0.4) is 0 Å². The molecule has 0 unspecified atom stereocenters. The normalized spacial score (nSPS) is 12.4. The van der Waals surface area contributed by atoms with Crippen LogP contribution < -0.4 is 10.4 Å². The molecule has 6 rings (SSSR count). The lowest BCUT2D eigenvalue weighted by molar-refractivity contribution is 1.69. The molecule has 6 aromatic carbocycles. The van der Waals surface area contributed by atoms with Crippen LogP contribution in [0.4, 0.5) is 0 Å². The average molecular weight is 425 g/mol. The van der Waals surface area contributed by atoms with Gasteiger partial charge in [-0.3, -0.25) is 0 Å². The van der Waals surface area contributed by atoms with Crippen LogP contribution in [-0.2, 0) is 0 Å². The standard InChI is InChI=1S/C31H24Si/c1-32(27-11-4-2-5-12-27,28-13-6-3-7-14-28)22-21-23-15-16-26-18-17-24-9-8-10-25-19-20-29(23)31(26)30(24)25/h2-22H,1H3. The lowest BCUT2D eigenvalue weighted by Gasteiger charge is -2.25. The number of rotatable bonds is 4. The molecule has 0 aromatic heterocycles. The maximum Gasteiger partial charge on any atom is 0.138 e. The highest BCUT2D eigenvalue weighted by Gasteiger charge is 2.28. The Morgan fingerprint density at radius 3 is 1.66 bits per heavy atom. The molecule has 0 heterocycles. The predicted octanol–water partition coefficient (Wildman–Crippen LogP) is 7.03. The third-order valence-electron chi connectivity index (χ3n) is 6.91. The molecule has 0 spiro atoms. The first-order chi connectivity index (χ1) is 15.7. The zero-order chi connectivity index (χ0) is 21.5. The van der Waals surface area contributed by atoms with E-state index in [0.717, 1.165) is 0 Å². The monoisotopic (exact) mass is 424 g/mol. The Kier molecular flexibility index (Phi) is 4.45. The quantitative estimate of drug-likeness (QED) is 0.210.